The molecule has 96 valence electrons. The van der Waals surface area contributed by atoms with Crippen LogP contribution in [0.15, 0.2) is 54.6 Å². The van der Waals surface area contributed by atoms with Crippen LogP contribution in [-0.2, 0) is 0 Å². The first-order chi connectivity index (χ1) is 9.79. The van der Waals surface area contributed by atoms with Gasteiger partial charge in [-0.1, -0.05) is 42.5 Å². The molecule has 3 heteroatoms. The van der Waals surface area contributed by atoms with Gasteiger partial charge in [-0.25, -0.2) is 9.97 Å². The first-order valence-corrected chi connectivity index (χ1v) is 6.47. The molecule has 0 N–H and O–H groups in total. The van der Waals surface area contributed by atoms with Crippen LogP contribution in [0.4, 0.5) is 0 Å². The number of nitriles is 1. The Labute approximate surface area is 117 Å². The van der Waals surface area contributed by atoms with Crippen molar-refractivity contribution in [3.8, 4) is 6.07 Å². The van der Waals surface area contributed by atoms with Crippen molar-refractivity contribution >= 4 is 11.0 Å². The minimum atomic E-state index is -0.381. The van der Waals surface area contributed by atoms with Crippen LogP contribution >= 0.6 is 0 Å². The third-order valence-corrected chi connectivity index (χ3v) is 3.32. The Kier molecular flexibility index (Phi) is 3.14. The second-order valence-corrected chi connectivity index (χ2v) is 4.66. The summed E-state index contributed by atoms with van der Waals surface area (Å²) in [5.41, 5.74) is 4.17. The Morgan fingerprint density at radius 2 is 1.50 bits per heavy atom. The normalized spacial score (nSPS) is 12.0. The number of aryl methyl sites for hydroxylation is 1. The number of hydrogen-bond acceptors (Lipinski definition) is 3. The van der Waals surface area contributed by atoms with E-state index in [0.29, 0.717) is 0 Å². The van der Waals surface area contributed by atoms with E-state index in [2.05, 4.69) is 16.0 Å². The van der Waals surface area contributed by atoms with Crippen LogP contribution in [0.3, 0.4) is 0 Å². The minimum absolute atomic E-state index is 0.381. The second-order valence-electron chi connectivity index (χ2n) is 4.66. The maximum absolute atomic E-state index is 9.51. The molecule has 0 amide bonds. The molecule has 1 aromatic heterocycles. The number of para-hydroxylation sites is 2. The summed E-state index contributed by atoms with van der Waals surface area (Å²) >= 11 is 0. The maximum atomic E-state index is 9.51. The van der Waals surface area contributed by atoms with E-state index in [9.17, 15) is 5.26 Å². The summed E-state index contributed by atoms with van der Waals surface area (Å²) < 4.78 is 0. The minimum Gasteiger partial charge on any atom is -0.250 e. The van der Waals surface area contributed by atoms with Crippen LogP contribution in [0.2, 0.25) is 0 Å². The van der Waals surface area contributed by atoms with E-state index in [-0.39, 0.29) is 5.92 Å². The highest BCUT2D eigenvalue weighted by Crippen LogP contribution is 2.25. The molecule has 0 aliphatic heterocycles. The third kappa shape index (κ3) is 2.12. The SMILES string of the molecule is Cc1nc2ccccc2nc1C(C#N)c1ccccc1. The van der Waals surface area contributed by atoms with Crippen LogP contribution in [0, 0.1) is 18.3 Å². The quantitative estimate of drug-likeness (QED) is 0.706. The van der Waals surface area contributed by atoms with Gasteiger partial charge in [0.15, 0.2) is 0 Å². The van der Waals surface area contributed by atoms with Crippen molar-refractivity contribution in [2.75, 3.05) is 0 Å². The van der Waals surface area contributed by atoms with Gasteiger partial charge in [0.05, 0.1) is 28.5 Å². The predicted octanol–water partition coefficient (Wildman–Crippen LogP) is 3.59. The standard InChI is InChI=1S/C17H13N3/c1-12-17(14(11-18)13-7-3-2-4-8-13)20-16-10-6-5-9-15(16)19-12/h2-10,14H,1H3. The third-order valence-electron chi connectivity index (χ3n) is 3.32. The zero-order valence-electron chi connectivity index (χ0n) is 11.1. The molecule has 0 saturated heterocycles. The van der Waals surface area contributed by atoms with Gasteiger partial charge < -0.3 is 0 Å². The second kappa shape index (κ2) is 5.10. The molecule has 0 aliphatic rings. The van der Waals surface area contributed by atoms with E-state index in [0.717, 1.165) is 28.0 Å². The number of nitrogens with zero attached hydrogens (tertiary/aromatic N) is 3. The first kappa shape index (κ1) is 12.3. The molecular weight excluding hydrogens is 246 g/mol. The zero-order valence-corrected chi connectivity index (χ0v) is 11.1. The van der Waals surface area contributed by atoms with E-state index >= 15 is 0 Å². The number of hydrogen-bond donors (Lipinski definition) is 0. The molecule has 1 atom stereocenters. The number of benzene rings is 2. The lowest BCUT2D eigenvalue weighted by molar-refractivity contribution is 0.934. The van der Waals surface area contributed by atoms with Gasteiger partial charge in [-0.05, 0) is 24.6 Å². The summed E-state index contributed by atoms with van der Waals surface area (Å²) in [6, 6.07) is 19.8. The molecule has 3 aromatic rings. The van der Waals surface area contributed by atoms with Crippen molar-refractivity contribution in [2.45, 2.75) is 12.8 Å². The molecular formula is C17H13N3. The van der Waals surface area contributed by atoms with Crippen molar-refractivity contribution < 1.29 is 0 Å². The van der Waals surface area contributed by atoms with Gasteiger partial charge in [-0.15, -0.1) is 0 Å². The van der Waals surface area contributed by atoms with Crippen molar-refractivity contribution in [3.05, 3.63) is 71.5 Å². The molecule has 3 nitrogen and oxygen atoms in total. The lowest BCUT2D eigenvalue weighted by Gasteiger charge is -2.12. The van der Waals surface area contributed by atoms with Crippen molar-refractivity contribution in [2.24, 2.45) is 0 Å². The number of rotatable bonds is 2. The fraction of sp³-hybridized carbons (Fsp3) is 0.118. The smallest absolute Gasteiger partial charge is 0.115 e. The molecule has 0 aliphatic carbocycles. The van der Waals surface area contributed by atoms with Gasteiger partial charge in [0, 0.05) is 0 Å². The molecule has 20 heavy (non-hydrogen) atoms. The van der Waals surface area contributed by atoms with E-state index in [1.807, 2.05) is 61.5 Å². The van der Waals surface area contributed by atoms with Gasteiger partial charge >= 0.3 is 0 Å². The van der Waals surface area contributed by atoms with Crippen LogP contribution in [0.5, 0.6) is 0 Å². The highest BCUT2D eigenvalue weighted by molar-refractivity contribution is 5.74. The molecule has 0 saturated carbocycles. The Balaban J connectivity index is 2.18. The van der Waals surface area contributed by atoms with Gasteiger partial charge in [-0.3, -0.25) is 0 Å². The summed E-state index contributed by atoms with van der Waals surface area (Å²) in [4.78, 5) is 9.19. The fourth-order valence-electron chi connectivity index (χ4n) is 2.31. The van der Waals surface area contributed by atoms with Crippen LogP contribution < -0.4 is 0 Å². The van der Waals surface area contributed by atoms with Gasteiger partial charge in [-0.2, -0.15) is 5.26 Å². The van der Waals surface area contributed by atoms with Gasteiger partial charge in [0.25, 0.3) is 0 Å². The summed E-state index contributed by atoms with van der Waals surface area (Å²) in [6.45, 7) is 1.90. The summed E-state index contributed by atoms with van der Waals surface area (Å²) in [5.74, 6) is -0.381. The first-order valence-electron chi connectivity index (χ1n) is 6.47. The molecule has 0 spiro atoms. The van der Waals surface area contributed by atoms with Crippen LogP contribution in [0.25, 0.3) is 11.0 Å². The summed E-state index contributed by atoms with van der Waals surface area (Å²) in [5, 5.41) is 9.51. The Morgan fingerprint density at radius 3 is 2.15 bits per heavy atom. The molecule has 2 aromatic carbocycles. The van der Waals surface area contributed by atoms with E-state index in [1.165, 1.54) is 0 Å². The topological polar surface area (TPSA) is 49.6 Å². The lowest BCUT2D eigenvalue weighted by atomic mass is 9.95. The largest absolute Gasteiger partial charge is 0.250 e. The Hall–Kier alpha value is -2.73. The molecule has 0 bridgehead atoms. The van der Waals surface area contributed by atoms with Crippen molar-refractivity contribution in [1.82, 2.24) is 9.97 Å². The number of fused-ring (bicyclic) bond motifs is 1. The van der Waals surface area contributed by atoms with Crippen molar-refractivity contribution in [3.63, 3.8) is 0 Å². The van der Waals surface area contributed by atoms with Crippen LogP contribution in [-0.4, -0.2) is 9.97 Å². The predicted molar refractivity (Wildman–Crippen MR) is 78.2 cm³/mol. The molecule has 1 unspecified atom stereocenters. The maximum Gasteiger partial charge on any atom is 0.115 e. The zero-order chi connectivity index (χ0) is 13.9. The Morgan fingerprint density at radius 1 is 0.900 bits per heavy atom. The highest BCUT2D eigenvalue weighted by Gasteiger charge is 2.18. The summed E-state index contributed by atoms with van der Waals surface area (Å²) in [7, 11) is 0. The van der Waals surface area contributed by atoms with E-state index < -0.39 is 0 Å². The average molecular weight is 259 g/mol. The summed E-state index contributed by atoms with van der Waals surface area (Å²) in [6.07, 6.45) is 0. The van der Waals surface area contributed by atoms with Crippen molar-refractivity contribution in [1.29, 1.82) is 5.26 Å². The molecule has 3 rings (SSSR count). The molecule has 0 radical (unpaired) electrons. The van der Waals surface area contributed by atoms with Gasteiger partial charge in [0.2, 0.25) is 0 Å². The monoisotopic (exact) mass is 259 g/mol. The van der Waals surface area contributed by atoms with E-state index in [4.69, 9.17) is 0 Å². The van der Waals surface area contributed by atoms with E-state index in [1.54, 1.807) is 0 Å². The molecule has 0 fully saturated rings. The molecule has 1 heterocycles. The number of aromatic nitrogens is 2. The van der Waals surface area contributed by atoms with Crippen LogP contribution in [0.1, 0.15) is 22.9 Å². The Bertz CT molecular complexity index is 788. The highest BCUT2D eigenvalue weighted by atomic mass is 14.8. The fourth-order valence-corrected chi connectivity index (χ4v) is 2.31. The van der Waals surface area contributed by atoms with Gasteiger partial charge in [0.1, 0.15) is 5.92 Å². The lowest BCUT2D eigenvalue weighted by Crippen LogP contribution is -2.06. The average Bonchev–Trinajstić information content (AvgIpc) is 2.49.